The molecule has 8 heteroatoms. The average molecular weight is 243 g/mol. The molecule has 0 atom stereocenters. The van der Waals surface area contributed by atoms with Crippen molar-refractivity contribution >= 4 is 12.1 Å². The number of halogens is 3. The molecule has 1 N–H and O–H groups in total. The molecule has 0 spiro atoms. The molecule has 0 aliphatic heterocycles. The highest BCUT2D eigenvalue weighted by atomic mass is 19.4. The Morgan fingerprint density at radius 3 is 2.38 bits per heavy atom. The van der Waals surface area contributed by atoms with Crippen molar-refractivity contribution in [3.8, 4) is 0 Å². The zero-order valence-electron chi connectivity index (χ0n) is 8.60. The molecule has 5 nitrogen and oxygen atoms in total. The molecule has 0 saturated carbocycles. The van der Waals surface area contributed by atoms with Gasteiger partial charge in [0.15, 0.2) is 6.61 Å². The first-order valence-electron chi connectivity index (χ1n) is 4.48. The molecule has 0 aliphatic rings. The summed E-state index contributed by atoms with van der Waals surface area (Å²) in [5.74, 6) is -0.543. The van der Waals surface area contributed by atoms with Crippen molar-refractivity contribution in [2.45, 2.75) is 19.5 Å². The Morgan fingerprint density at radius 2 is 1.88 bits per heavy atom. The molecule has 0 aliphatic carbocycles. The van der Waals surface area contributed by atoms with Crippen LogP contribution in [0.4, 0.5) is 18.0 Å². The van der Waals surface area contributed by atoms with Gasteiger partial charge in [-0.1, -0.05) is 0 Å². The van der Waals surface area contributed by atoms with Gasteiger partial charge >= 0.3 is 18.2 Å². The van der Waals surface area contributed by atoms with Crippen LogP contribution in [0.5, 0.6) is 0 Å². The van der Waals surface area contributed by atoms with E-state index in [-0.39, 0.29) is 19.6 Å². The molecule has 0 aromatic carbocycles. The topological polar surface area (TPSA) is 64.6 Å². The summed E-state index contributed by atoms with van der Waals surface area (Å²) in [6, 6.07) is 0. The van der Waals surface area contributed by atoms with E-state index < -0.39 is 24.8 Å². The van der Waals surface area contributed by atoms with Gasteiger partial charge < -0.3 is 14.8 Å². The number of carbonyl (C=O) groups excluding carboxylic acids is 2. The lowest BCUT2D eigenvalue weighted by Crippen LogP contribution is -2.30. The van der Waals surface area contributed by atoms with Crippen LogP contribution in [-0.2, 0) is 14.3 Å². The van der Waals surface area contributed by atoms with E-state index in [0.29, 0.717) is 0 Å². The summed E-state index contributed by atoms with van der Waals surface area (Å²) in [5, 5.41) is 1.98. The van der Waals surface area contributed by atoms with E-state index in [1.807, 2.05) is 5.32 Å². The van der Waals surface area contributed by atoms with Gasteiger partial charge in [0.05, 0.1) is 13.0 Å². The number of alkyl halides is 3. The smallest absolute Gasteiger partial charge is 0.422 e. The summed E-state index contributed by atoms with van der Waals surface area (Å²) in [6.45, 7) is 0.0358. The van der Waals surface area contributed by atoms with Crippen molar-refractivity contribution in [2.75, 3.05) is 19.8 Å². The maximum Gasteiger partial charge on any atom is 0.422 e. The van der Waals surface area contributed by atoms with Crippen LogP contribution in [0, 0.1) is 0 Å². The number of esters is 1. The Labute approximate surface area is 89.9 Å². The lowest BCUT2D eigenvalue weighted by atomic mass is 10.4. The maximum absolute atomic E-state index is 11.6. The Morgan fingerprint density at radius 1 is 1.25 bits per heavy atom. The van der Waals surface area contributed by atoms with E-state index in [1.54, 1.807) is 6.92 Å². The van der Waals surface area contributed by atoms with Gasteiger partial charge in [-0.05, 0) is 6.92 Å². The molecule has 0 heterocycles. The molecule has 94 valence electrons. The van der Waals surface area contributed by atoms with E-state index in [0.717, 1.165) is 0 Å². The summed E-state index contributed by atoms with van der Waals surface area (Å²) in [5.41, 5.74) is 0. The summed E-state index contributed by atoms with van der Waals surface area (Å²) in [6.07, 6.45) is -5.89. The predicted molar refractivity (Wildman–Crippen MR) is 46.7 cm³/mol. The van der Waals surface area contributed by atoms with Gasteiger partial charge in [-0.2, -0.15) is 13.2 Å². The van der Waals surface area contributed by atoms with Gasteiger partial charge in [0.2, 0.25) is 0 Å². The van der Waals surface area contributed by atoms with E-state index in [2.05, 4.69) is 9.47 Å². The summed E-state index contributed by atoms with van der Waals surface area (Å²) >= 11 is 0. The summed E-state index contributed by atoms with van der Waals surface area (Å²) in [7, 11) is 0. The number of ether oxygens (including phenoxy) is 2. The summed E-state index contributed by atoms with van der Waals surface area (Å²) in [4.78, 5) is 21.4. The Balaban J connectivity index is 3.55. The van der Waals surface area contributed by atoms with Crippen LogP contribution >= 0.6 is 0 Å². The van der Waals surface area contributed by atoms with Crippen LogP contribution in [0.2, 0.25) is 0 Å². The summed E-state index contributed by atoms with van der Waals surface area (Å²) < 4.78 is 43.1. The molecule has 0 unspecified atom stereocenters. The number of hydrogen-bond donors (Lipinski definition) is 1. The van der Waals surface area contributed by atoms with Gasteiger partial charge in [0.1, 0.15) is 0 Å². The highest BCUT2D eigenvalue weighted by Crippen LogP contribution is 2.14. The van der Waals surface area contributed by atoms with Crippen molar-refractivity contribution in [2.24, 2.45) is 0 Å². The fourth-order valence-corrected chi connectivity index (χ4v) is 0.698. The first kappa shape index (κ1) is 14.5. The lowest BCUT2D eigenvalue weighted by Gasteiger charge is -2.08. The molecule has 0 fully saturated rings. The van der Waals surface area contributed by atoms with Gasteiger partial charge in [-0.3, -0.25) is 4.79 Å². The second kappa shape index (κ2) is 6.91. The highest BCUT2D eigenvalue weighted by Gasteiger charge is 2.29. The highest BCUT2D eigenvalue weighted by molar-refractivity contribution is 5.71. The minimum absolute atomic E-state index is 0.116. The molecule has 0 aromatic heterocycles. The fourth-order valence-electron chi connectivity index (χ4n) is 0.698. The van der Waals surface area contributed by atoms with Crippen LogP contribution in [0.1, 0.15) is 13.3 Å². The van der Waals surface area contributed by atoms with Crippen LogP contribution in [0.25, 0.3) is 0 Å². The monoisotopic (exact) mass is 243 g/mol. The Kier molecular flexibility index (Phi) is 6.28. The maximum atomic E-state index is 11.6. The van der Waals surface area contributed by atoms with Crippen LogP contribution < -0.4 is 5.32 Å². The van der Waals surface area contributed by atoms with Crippen LogP contribution in [-0.4, -0.2) is 38.0 Å². The first-order chi connectivity index (χ1) is 7.35. The quantitative estimate of drug-likeness (QED) is 0.737. The molecule has 0 rings (SSSR count). The lowest BCUT2D eigenvalue weighted by molar-refractivity contribution is -0.160. The van der Waals surface area contributed by atoms with Crippen molar-refractivity contribution in [3.63, 3.8) is 0 Å². The molecular weight excluding hydrogens is 231 g/mol. The third-order valence-electron chi connectivity index (χ3n) is 1.27. The third kappa shape index (κ3) is 9.10. The molecule has 0 radical (unpaired) electrons. The van der Waals surface area contributed by atoms with Gasteiger partial charge in [0, 0.05) is 6.54 Å². The largest absolute Gasteiger partial charge is 0.466 e. The second-order valence-electron chi connectivity index (χ2n) is 2.67. The number of rotatable bonds is 5. The number of hydrogen-bond acceptors (Lipinski definition) is 4. The SMILES string of the molecule is CCOC(=O)CCNC(=O)OCC(F)(F)F. The molecular formula is C8H12F3NO4. The zero-order chi connectivity index (χ0) is 12.6. The van der Waals surface area contributed by atoms with E-state index in [1.165, 1.54) is 0 Å². The van der Waals surface area contributed by atoms with Crippen molar-refractivity contribution in [1.29, 1.82) is 0 Å². The molecule has 16 heavy (non-hydrogen) atoms. The van der Waals surface area contributed by atoms with E-state index in [9.17, 15) is 22.8 Å². The van der Waals surface area contributed by atoms with Crippen molar-refractivity contribution in [3.05, 3.63) is 0 Å². The Bertz CT molecular complexity index is 242. The second-order valence-corrected chi connectivity index (χ2v) is 2.67. The Hall–Kier alpha value is -1.47. The predicted octanol–water partition coefficient (Wildman–Crippen LogP) is 1.23. The first-order valence-corrected chi connectivity index (χ1v) is 4.48. The number of alkyl carbamates (subject to hydrolysis) is 1. The number of carbonyl (C=O) groups is 2. The van der Waals surface area contributed by atoms with Gasteiger partial charge in [-0.25, -0.2) is 4.79 Å². The molecule has 0 aromatic rings. The average Bonchev–Trinajstić information content (AvgIpc) is 2.14. The van der Waals surface area contributed by atoms with Crippen LogP contribution in [0.3, 0.4) is 0 Å². The molecule has 1 amide bonds. The van der Waals surface area contributed by atoms with Gasteiger partial charge in [0.25, 0.3) is 0 Å². The normalized spacial score (nSPS) is 10.8. The molecule has 0 saturated heterocycles. The zero-order valence-corrected chi connectivity index (χ0v) is 8.60. The van der Waals surface area contributed by atoms with E-state index in [4.69, 9.17) is 0 Å². The fraction of sp³-hybridized carbons (Fsp3) is 0.750. The van der Waals surface area contributed by atoms with Crippen LogP contribution in [0.15, 0.2) is 0 Å². The minimum atomic E-state index is -4.56. The number of amides is 1. The van der Waals surface area contributed by atoms with E-state index >= 15 is 0 Å². The molecule has 0 bridgehead atoms. The van der Waals surface area contributed by atoms with Crippen molar-refractivity contribution < 1.29 is 32.2 Å². The minimum Gasteiger partial charge on any atom is -0.466 e. The van der Waals surface area contributed by atoms with Crippen molar-refractivity contribution in [1.82, 2.24) is 5.32 Å². The third-order valence-corrected chi connectivity index (χ3v) is 1.27. The number of nitrogens with one attached hydrogen (secondary N) is 1. The van der Waals surface area contributed by atoms with Gasteiger partial charge in [-0.15, -0.1) is 0 Å². The standard InChI is InChI=1S/C8H12F3NO4/c1-2-15-6(13)3-4-12-7(14)16-5-8(9,10)11/h2-5H2,1H3,(H,12,14).